The van der Waals surface area contributed by atoms with E-state index in [0.717, 1.165) is 17.9 Å². The lowest BCUT2D eigenvalue weighted by Crippen LogP contribution is -2.34. The second-order valence-corrected chi connectivity index (χ2v) is 5.83. The molecular formula is C12H13NOS. The summed E-state index contributed by atoms with van der Waals surface area (Å²) >= 11 is 1.88. The van der Waals surface area contributed by atoms with Crippen LogP contribution in [0.5, 0.6) is 0 Å². The van der Waals surface area contributed by atoms with E-state index in [-0.39, 0.29) is 10.8 Å². The molecule has 1 fully saturated rings. The SMILES string of the molecule is Cc1ccc2c(c1)C1(C)SCCN1C2=O. The van der Waals surface area contributed by atoms with Crippen molar-refractivity contribution in [3.8, 4) is 0 Å². The van der Waals surface area contributed by atoms with Crippen LogP contribution in [0.2, 0.25) is 0 Å². The highest BCUT2D eigenvalue weighted by Gasteiger charge is 2.49. The summed E-state index contributed by atoms with van der Waals surface area (Å²) in [7, 11) is 0. The summed E-state index contributed by atoms with van der Waals surface area (Å²) in [6.07, 6.45) is 0. The number of amides is 1. The van der Waals surface area contributed by atoms with E-state index < -0.39 is 0 Å². The smallest absolute Gasteiger partial charge is 0.255 e. The van der Waals surface area contributed by atoms with Crippen molar-refractivity contribution in [1.82, 2.24) is 4.90 Å². The molecule has 1 saturated heterocycles. The second kappa shape index (κ2) is 2.79. The summed E-state index contributed by atoms with van der Waals surface area (Å²) in [5, 5.41) is 0. The molecule has 0 radical (unpaired) electrons. The van der Waals surface area contributed by atoms with Gasteiger partial charge >= 0.3 is 0 Å². The Bertz CT molecular complexity index is 457. The monoisotopic (exact) mass is 219 g/mol. The van der Waals surface area contributed by atoms with E-state index in [1.54, 1.807) is 0 Å². The topological polar surface area (TPSA) is 20.3 Å². The maximum absolute atomic E-state index is 12.1. The van der Waals surface area contributed by atoms with Gasteiger partial charge in [0.1, 0.15) is 4.87 Å². The first kappa shape index (κ1) is 9.28. The number of rotatable bonds is 0. The number of aryl methyl sites for hydroxylation is 1. The first-order valence-electron chi connectivity index (χ1n) is 5.20. The maximum Gasteiger partial charge on any atom is 0.255 e. The van der Waals surface area contributed by atoms with Crippen LogP contribution >= 0.6 is 11.8 Å². The largest absolute Gasteiger partial charge is 0.319 e. The van der Waals surface area contributed by atoms with Crippen molar-refractivity contribution in [3.05, 3.63) is 34.9 Å². The third kappa shape index (κ3) is 1.04. The molecule has 1 aromatic rings. The molecule has 0 spiro atoms. The van der Waals surface area contributed by atoms with Crippen molar-refractivity contribution >= 4 is 17.7 Å². The summed E-state index contributed by atoms with van der Waals surface area (Å²) in [6, 6.07) is 6.15. The predicted octanol–water partition coefficient (Wildman–Crippen LogP) is 2.37. The highest BCUT2D eigenvalue weighted by Crippen LogP contribution is 2.50. The highest BCUT2D eigenvalue weighted by atomic mass is 32.2. The van der Waals surface area contributed by atoms with E-state index in [1.807, 2.05) is 28.8 Å². The number of hydrogen-bond donors (Lipinski definition) is 0. The molecule has 2 heterocycles. The molecule has 0 saturated carbocycles. The Morgan fingerprint density at radius 1 is 1.47 bits per heavy atom. The van der Waals surface area contributed by atoms with Crippen LogP contribution in [0.3, 0.4) is 0 Å². The van der Waals surface area contributed by atoms with Gasteiger partial charge in [-0.25, -0.2) is 0 Å². The van der Waals surface area contributed by atoms with Crippen molar-refractivity contribution in [2.75, 3.05) is 12.3 Å². The summed E-state index contributed by atoms with van der Waals surface area (Å²) in [4.78, 5) is 14.0. The normalized spacial score (nSPS) is 28.1. The predicted molar refractivity (Wildman–Crippen MR) is 62.0 cm³/mol. The molecule has 2 nitrogen and oxygen atoms in total. The number of hydrogen-bond acceptors (Lipinski definition) is 2. The maximum atomic E-state index is 12.1. The molecule has 3 rings (SSSR count). The molecule has 1 aromatic carbocycles. The minimum absolute atomic E-state index is 0.0988. The van der Waals surface area contributed by atoms with Crippen molar-refractivity contribution < 1.29 is 4.79 Å². The average Bonchev–Trinajstić information content (AvgIpc) is 2.67. The molecule has 1 atom stereocenters. The van der Waals surface area contributed by atoms with Gasteiger partial charge < -0.3 is 4.90 Å². The third-order valence-electron chi connectivity index (χ3n) is 3.36. The molecule has 0 bridgehead atoms. The van der Waals surface area contributed by atoms with E-state index in [4.69, 9.17) is 0 Å². The third-order valence-corrected chi connectivity index (χ3v) is 4.75. The molecular weight excluding hydrogens is 206 g/mol. The Labute approximate surface area is 93.7 Å². The van der Waals surface area contributed by atoms with Crippen molar-refractivity contribution in [3.63, 3.8) is 0 Å². The lowest BCUT2D eigenvalue weighted by atomic mass is 10.0. The summed E-state index contributed by atoms with van der Waals surface area (Å²) in [5.74, 6) is 1.26. The number of carbonyl (C=O) groups is 1. The van der Waals surface area contributed by atoms with E-state index in [9.17, 15) is 4.79 Å². The first-order chi connectivity index (χ1) is 7.13. The van der Waals surface area contributed by atoms with Gasteiger partial charge in [-0.1, -0.05) is 17.7 Å². The molecule has 1 amide bonds. The number of thioether (sulfide) groups is 1. The fourth-order valence-corrected chi connectivity index (χ4v) is 3.84. The average molecular weight is 219 g/mol. The Kier molecular flexibility index (Phi) is 1.72. The van der Waals surface area contributed by atoms with Gasteiger partial charge in [-0.2, -0.15) is 0 Å². The van der Waals surface area contributed by atoms with E-state index in [0.29, 0.717) is 0 Å². The summed E-state index contributed by atoms with van der Waals surface area (Å²) < 4.78 is 0. The first-order valence-corrected chi connectivity index (χ1v) is 6.18. The van der Waals surface area contributed by atoms with Gasteiger partial charge in [0.25, 0.3) is 5.91 Å². The Morgan fingerprint density at radius 2 is 2.27 bits per heavy atom. The standard InChI is InChI=1S/C12H13NOS/c1-8-3-4-9-10(7-8)12(2)13(11(9)14)5-6-15-12/h3-4,7H,5-6H2,1-2H3. The van der Waals surface area contributed by atoms with E-state index in [2.05, 4.69) is 19.9 Å². The van der Waals surface area contributed by atoms with Crippen LogP contribution in [0.25, 0.3) is 0 Å². The van der Waals surface area contributed by atoms with Gasteiger partial charge in [-0.3, -0.25) is 4.79 Å². The molecule has 0 aliphatic carbocycles. The van der Waals surface area contributed by atoms with Gasteiger partial charge in [0.15, 0.2) is 0 Å². The summed E-state index contributed by atoms with van der Waals surface area (Å²) in [6.45, 7) is 5.12. The molecule has 2 aliphatic rings. The Hall–Kier alpha value is -0.960. The summed E-state index contributed by atoms with van der Waals surface area (Å²) in [5.41, 5.74) is 3.34. The van der Waals surface area contributed by atoms with Crippen LogP contribution in [-0.2, 0) is 4.87 Å². The lowest BCUT2D eigenvalue weighted by molar-refractivity contribution is 0.0739. The van der Waals surface area contributed by atoms with Crippen LogP contribution in [0, 0.1) is 6.92 Å². The Morgan fingerprint density at radius 3 is 3.07 bits per heavy atom. The van der Waals surface area contributed by atoms with E-state index >= 15 is 0 Å². The van der Waals surface area contributed by atoms with Crippen LogP contribution in [0.1, 0.15) is 28.4 Å². The number of carbonyl (C=O) groups excluding carboxylic acids is 1. The quantitative estimate of drug-likeness (QED) is 0.667. The van der Waals surface area contributed by atoms with Gasteiger partial charge in [0, 0.05) is 23.4 Å². The van der Waals surface area contributed by atoms with Crippen LogP contribution in [-0.4, -0.2) is 23.1 Å². The lowest BCUT2D eigenvalue weighted by Gasteiger charge is -2.27. The number of nitrogens with zero attached hydrogens (tertiary/aromatic N) is 1. The molecule has 2 aliphatic heterocycles. The fourth-order valence-electron chi connectivity index (χ4n) is 2.52. The molecule has 0 aromatic heterocycles. The van der Waals surface area contributed by atoms with E-state index in [1.165, 1.54) is 11.1 Å². The minimum atomic E-state index is -0.0988. The van der Waals surface area contributed by atoms with Gasteiger partial charge in [-0.05, 0) is 19.9 Å². The second-order valence-electron chi connectivity index (χ2n) is 4.34. The van der Waals surface area contributed by atoms with Crippen LogP contribution in [0.4, 0.5) is 0 Å². The molecule has 15 heavy (non-hydrogen) atoms. The van der Waals surface area contributed by atoms with Gasteiger partial charge in [0.2, 0.25) is 0 Å². The van der Waals surface area contributed by atoms with Gasteiger partial charge in [0.05, 0.1) is 0 Å². The van der Waals surface area contributed by atoms with Crippen molar-refractivity contribution in [1.29, 1.82) is 0 Å². The molecule has 0 N–H and O–H groups in total. The zero-order chi connectivity index (χ0) is 10.6. The van der Waals surface area contributed by atoms with Gasteiger partial charge in [-0.15, -0.1) is 11.8 Å². The fraction of sp³-hybridized carbons (Fsp3) is 0.417. The zero-order valence-corrected chi connectivity index (χ0v) is 9.73. The number of fused-ring (bicyclic) bond motifs is 3. The van der Waals surface area contributed by atoms with Crippen LogP contribution < -0.4 is 0 Å². The zero-order valence-electron chi connectivity index (χ0n) is 8.91. The van der Waals surface area contributed by atoms with Crippen LogP contribution in [0.15, 0.2) is 18.2 Å². The Balaban J connectivity index is 2.26. The molecule has 3 heteroatoms. The van der Waals surface area contributed by atoms with Crippen molar-refractivity contribution in [2.24, 2.45) is 0 Å². The number of benzene rings is 1. The minimum Gasteiger partial charge on any atom is -0.319 e. The highest BCUT2D eigenvalue weighted by molar-refractivity contribution is 8.00. The van der Waals surface area contributed by atoms with Crippen molar-refractivity contribution in [2.45, 2.75) is 18.7 Å². The molecule has 1 unspecified atom stereocenters. The molecule has 78 valence electrons.